The van der Waals surface area contributed by atoms with E-state index in [1.54, 1.807) is 11.3 Å². The van der Waals surface area contributed by atoms with Gasteiger partial charge in [-0.25, -0.2) is 0 Å². The van der Waals surface area contributed by atoms with Gasteiger partial charge in [-0.2, -0.15) is 0 Å². The van der Waals surface area contributed by atoms with Crippen molar-refractivity contribution in [1.29, 1.82) is 0 Å². The second-order valence-corrected chi connectivity index (χ2v) is 7.45. The molecule has 0 bridgehead atoms. The van der Waals surface area contributed by atoms with Crippen LogP contribution in [0.4, 0.5) is 5.69 Å². The molecule has 0 saturated carbocycles. The highest BCUT2D eigenvalue weighted by atomic mass is 32.1. The van der Waals surface area contributed by atoms with E-state index < -0.39 is 0 Å². The molecule has 0 radical (unpaired) electrons. The number of carbonyl (C=O) groups excluding carboxylic acids is 1. The first-order valence-corrected chi connectivity index (χ1v) is 8.88. The highest BCUT2D eigenvalue weighted by Gasteiger charge is 2.35. The Balaban J connectivity index is 1.70. The zero-order valence-corrected chi connectivity index (χ0v) is 13.9. The van der Waals surface area contributed by atoms with Gasteiger partial charge >= 0.3 is 0 Å². The molecule has 5 heteroatoms. The number of amides is 1. The van der Waals surface area contributed by atoms with Crippen LogP contribution >= 0.6 is 11.3 Å². The van der Waals surface area contributed by atoms with Crippen LogP contribution < -0.4 is 5.32 Å². The first-order valence-electron chi connectivity index (χ1n) is 8.07. The zero-order chi connectivity index (χ0) is 15.8. The molecule has 0 unspecified atom stereocenters. The number of ether oxygens (including phenoxy) is 1. The van der Waals surface area contributed by atoms with Crippen LogP contribution in [0.15, 0.2) is 36.4 Å². The summed E-state index contributed by atoms with van der Waals surface area (Å²) in [6.07, 6.45) is 2.15. The average Bonchev–Trinajstić information content (AvgIpc) is 3.21. The van der Waals surface area contributed by atoms with E-state index >= 15 is 0 Å². The third-order valence-corrected chi connectivity index (χ3v) is 5.53. The molecule has 2 atom stereocenters. The van der Waals surface area contributed by atoms with Crippen LogP contribution in [0, 0.1) is 6.92 Å². The lowest BCUT2D eigenvalue weighted by Crippen LogP contribution is -2.46. The van der Waals surface area contributed by atoms with Crippen molar-refractivity contribution in [2.24, 2.45) is 0 Å². The number of nitrogens with zero attached hydrogens (tertiary/aromatic N) is 1. The van der Waals surface area contributed by atoms with E-state index in [1.807, 2.05) is 29.2 Å². The highest BCUT2D eigenvalue weighted by molar-refractivity contribution is 7.12. The molecular formula is C18H20N2O2S. The third kappa shape index (κ3) is 2.75. The van der Waals surface area contributed by atoms with Gasteiger partial charge < -0.3 is 15.0 Å². The van der Waals surface area contributed by atoms with Crippen LogP contribution in [0.25, 0.3) is 0 Å². The number of hydrogen-bond acceptors (Lipinski definition) is 4. The molecule has 1 saturated heterocycles. The summed E-state index contributed by atoms with van der Waals surface area (Å²) in [6.45, 7) is 3.54. The molecule has 2 aliphatic rings. The van der Waals surface area contributed by atoms with E-state index in [0.29, 0.717) is 6.54 Å². The van der Waals surface area contributed by atoms with Crippen molar-refractivity contribution in [1.82, 2.24) is 4.90 Å². The number of fused-ring (bicyclic) bond motifs is 1. The monoisotopic (exact) mass is 328 g/mol. The number of carbonyl (C=O) groups is 1. The maximum atomic E-state index is 13.0. The standard InChI is InChI=1S/C18H20N2O2S/c1-12-8-9-16(23-12)17-19-15-7-3-2-6-14(15)18(21)20(17)11-13-5-4-10-22-13/h2-3,6-9,13,17,19H,4-5,10-11H2,1H3/t13-,17-/m1/s1. The Bertz CT molecular complexity index is 721. The van der Waals surface area contributed by atoms with E-state index in [9.17, 15) is 4.79 Å². The number of aryl methyl sites for hydroxylation is 1. The van der Waals surface area contributed by atoms with Crippen LogP contribution in [0.1, 0.15) is 39.1 Å². The van der Waals surface area contributed by atoms with Gasteiger partial charge in [0, 0.05) is 28.6 Å². The van der Waals surface area contributed by atoms with Gasteiger partial charge in [-0.05, 0) is 44.0 Å². The molecule has 4 rings (SSSR count). The van der Waals surface area contributed by atoms with E-state index in [-0.39, 0.29) is 18.2 Å². The number of para-hydroxylation sites is 1. The molecule has 1 aromatic carbocycles. The molecule has 1 amide bonds. The molecule has 23 heavy (non-hydrogen) atoms. The van der Waals surface area contributed by atoms with E-state index in [4.69, 9.17) is 4.74 Å². The smallest absolute Gasteiger partial charge is 0.257 e. The Morgan fingerprint density at radius 3 is 2.91 bits per heavy atom. The van der Waals surface area contributed by atoms with Crippen LogP contribution in [0.2, 0.25) is 0 Å². The summed E-state index contributed by atoms with van der Waals surface area (Å²) in [4.78, 5) is 17.4. The van der Waals surface area contributed by atoms with E-state index in [1.165, 1.54) is 9.75 Å². The van der Waals surface area contributed by atoms with E-state index in [2.05, 4.69) is 24.4 Å². The number of thiophene rings is 1. The number of rotatable bonds is 3. The van der Waals surface area contributed by atoms with Gasteiger partial charge in [-0.1, -0.05) is 12.1 Å². The van der Waals surface area contributed by atoms with Gasteiger partial charge in [0.25, 0.3) is 5.91 Å². The summed E-state index contributed by atoms with van der Waals surface area (Å²) in [5, 5.41) is 3.54. The Hall–Kier alpha value is -1.85. The maximum absolute atomic E-state index is 13.0. The minimum absolute atomic E-state index is 0.0888. The Labute approximate surface area is 140 Å². The summed E-state index contributed by atoms with van der Waals surface area (Å²) in [5.41, 5.74) is 1.66. The molecule has 3 heterocycles. The summed E-state index contributed by atoms with van der Waals surface area (Å²) < 4.78 is 5.76. The topological polar surface area (TPSA) is 41.6 Å². The molecule has 2 aromatic rings. The van der Waals surface area contributed by atoms with Crippen molar-refractivity contribution >= 4 is 22.9 Å². The van der Waals surface area contributed by atoms with Crippen LogP contribution in [0.5, 0.6) is 0 Å². The first-order chi connectivity index (χ1) is 11.2. The van der Waals surface area contributed by atoms with Crippen LogP contribution in [0.3, 0.4) is 0 Å². The predicted octanol–water partition coefficient (Wildman–Crippen LogP) is 3.80. The summed E-state index contributed by atoms with van der Waals surface area (Å²) >= 11 is 1.74. The zero-order valence-electron chi connectivity index (χ0n) is 13.1. The normalized spacial score (nSPS) is 23.7. The lowest BCUT2D eigenvalue weighted by atomic mass is 10.1. The van der Waals surface area contributed by atoms with Gasteiger partial charge in [0.1, 0.15) is 6.17 Å². The fraction of sp³-hybridized carbons (Fsp3) is 0.389. The van der Waals surface area contributed by atoms with Crippen molar-refractivity contribution in [3.63, 3.8) is 0 Å². The molecule has 0 aliphatic carbocycles. The second kappa shape index (κ2) is 5.98. The largest absolute Gasteiger partial charge is 0.376 e. The summed E-state index contributed by atoms with van der Waals surface area (Å²) in [5.74, 6) is 0.0888. The number of anilines is 1. The Morgan fingerprint density at radius 2 is 2.17 bits per heavy atom. The van der Waals surface area contributed by atoms with E-state index in [0.717, 1.165) is 30.7 Å². The number of hydrogen-bond donors (Lipinski definition) is 1. The van der Waals surface area contributed by atoms with Gasteiger partial charge in [0.05, 0.1) is 11.7 Å². The lowest BCUT2D eigenvalue weighted by Gasteiger charge is -2.38. The summed E-state index contributed by atoms with van der Waals surface area (Å²) in [6, 6.07) is 12.0. The molecule has 1 aromatic heterocycles. The molecule has 120 valence electrons. The molecule has 4 nitrogen and oxygen atoms in total. The van der Waals surface area contributed by atoms with Crippen molar-refractivity contribution in [3.05, 3.63) is 51.7 Å². The Morgan fingerprint density at radius 1 is 1.30 bits per heavy atom. The highest BCUT2D eigenvalue weighted by Crippen LogP contribution is 2.36. The molecular weight excluding hydrogens is 308 g/mol. The molecule has 2 aliphatic heterocycles. The fourth-order valence-electron chi connectivity index (χ4n) is 3.31. The van der Waals surface area contributed by atoms with Gasteiger partial charge in [0.2, 0.25) is 0 Å². The second-order valence-electron chi connectivity index (χ2n) is 6.13. The van der Waals surface area contributed by atoms with Crippen molar-refractivity contribution in [3.8, 4) is 0 Å². The number of benzene rings is 1. The average molecular weight is 328 g/mol. The van der Waals surface area contributed by atoms with Gasteiger partial charge in [-0.15, -0.1) is 11.3 Å². The quantitative estimate of drug-likeness (QED) is 0.932. The number of nitrogens with one attached hydrogen (secondary N) is 1. The lowest BCUT2D eigenvalue weighted by molar-refractivity contribution is 0.0430. The van der Waals surface area contributed by atoms with Crippen molar-refractivity contribution in [2.45, 2.75) is 32.0 Å². The molecule has 1 fully saturated rings. The fourth-order valence-corrected chi connectivity index (χ4v) is 4.26. The minimum atomic E-state index is -0.111. The van der Waals surface area contributed by atoms with Gasteiger partial charge in [-0.3, -0.25) is 4.79 Å². The van der Waals surface area contributed by atoms with Crippen LogP contribution in [-0.4, -0.2) is 30.1 Å². The predicted molar refractivity (Wildman–Crippen MR) is 91.9 cm³/mol. The van der Waals surface area contributed by atoms with Crippen molar-refractivity contribution < 1.29 is 9.53 Å². The summed E-state index contributed by atoms with van der Waals surface area (Å²) in [7, 11) is 0. The molecule has 1 N–H and O–H groups in total. The first kappa shape index (κ1) is 14.7. The van der Waals surface area contributed by atoms with Crippen molar-refractivity contribution in [2.75, 3.05) is 18.5 Å². The Kier molecular flexibility index (Phi) is 3.83. The molecule has 0 spiro atoms. The maximum Gasteiger partial charge on any atom is 0.257 e. The van der Waals surface area contributed by atoms with Crippen LogP contribution in [-0.2, 0) is 4.74 Å². The van der Waals surface area contributed by atoms with Gasteiger partial charge in [0.15, 0.2) is 0 Å². The minimum Gasteiger partial charge on any atom is -0.376 e. The SMILES string of the molecule is Cc1ccc([C@@H]2Nc3ccccc3C(=O)N2C[C@H]2CCCO2)s1. The third-order valence-electron chi connectivity index (χ3n) is 4.48.